The van der Waals surface area contributed by atoms with Gasteiger partial charge in [0.05, 0.1) is 7.11 Å². The average Bonchev–Trinajstić information content (AvgIpc) is 3.54. The van der Waals surface area contributed by atoms with Gasteiger partial charge < -0.3 is 9.64 Å². The van der Waals surface area contributed by atoms with Crippen LogP contribution in [-0.4, -0.2) is 7.11 Å². The highest BCUT2D eigenvalue weighted by Crippen LogP contribution is 2.52. The molecule has 0 N–H and O–H groups in total. The van der Waals surface area contributed by atoms with Crippen molar-refractivity contribution in [3.05, 3.63) is 217 Å². The van der Waals surface area contributed by atoms with Gasteiger partial charge in [-0.15, -0.1) is 0 Å². The number of methoxy groups -OCH3 is 1. The van der Waals surface area contributed by atoms with Crippen LogP contribution in [0, 0.1) is 0 Å². The van der Waals surface area contributed by atoms with Crippen molar-refractivity contribution in [2.24, 2.45) is 0 Å². The van der Waals surface area contributed by atoms with Gasteiger partial charge in [-0.3, -0.25) is 0 Å². The van der Waals surface area contributed by atoms with Gasteiger partial charge in [0.1, 0.15) is 5.75 Å². The van der Waals surface area contributed by atoms with Gasteiger partial charge in [0.25, 0.3) is 0 Å². The standard InChI is InChI=1S/C58H43NO/c1-58(2)53-26-16-15-24-46(53)47-33-29-43(36-54(47)58)59(41-27-31-44(60-3)32-28-41)42-30-34-49-52(35-42)45-23-13-14-25-48(45)56-51(39-19-9-5-10-20-39)37-50(38-17-7-4-8-18-38)55(57(49)56)40-21-11-6-12-22-40/h4-37H,1-3H3. The van der Waals surface area contributed by atoms with Gasteiger partial charge in [-0.2, -0.15) is 0 Å². The molecule has 0 bridgehead atoms. The first-order chi connectivity index (χ1) is 29.5. The summed E-state index contributed by atoms with van der Waals surface area (Å²) in [5.74, 6) is 0.831. The fourth-order valence-corrected chi connectivity index (χ4v) is 9.89. The molecule has 0 radical (unpaired) electrons. The Morgan fingerprint density at radius 3 is 1.60 bits per heavy atom. The van der Waals surface area contributed by atoms with Crippen LogP contribution in [0.1, 0.15) is 25.0 Å². The monoisotopic (exact) mass is 769 g/mol. The van der Waals surface area contributed by atoms with Crippen LogP contribution in [0.5, 0.6) is 5.75 Å². The molecular weight excluding hydrogens is 727 g/mol. The van der Waals surface area contributed by atoms with Gasteiger partial charge in [-0.05, 0) is 143 Å². The molecule has 0 amide bonds. The lowest BCUT2D eigenvalue weighted by Crippen LogP contribution is -2.16. The molecule has 0 atom stereocenters. The fourth-order valence-electron chi connectivity index (χ4n) is 9.89. The Morgan fingerprint density at radius 2 is 0.900 bits per heavy atom. The number of hydrogen-bond donors (Lipinski definition) is 0. The number of rotatable bonds is 7. The summed E-state index contributed by atoms with van der Waals surface area (Å²) in [6.07, 6.45) is 0. The van der Waals surface area contributed by atoms with E-state index in [0.717, 1.165) is 22.8 Å². The number of benzene rings is 10. The maximum absolute atomic E-state index is 5.64. The fraction of sp³-hybridized carbons (Fsp3) is 0.0690. The number of ether oxygens (including phenoxy) is 1. The van der Waals surface area contributed by atoms with Gasteiger partial charge in [-0.1, -0.05) is 166 Å². The molecule has 0 saturated carbocycles. The van der Waals surface area contributed by atoms with Crippen LogP contribution in [0.4, 0.5) is 17.1 Å². The maximum Gasteiger partial charge on any atom is 0.119 e. The van der Waals surface area contributed by atoms with Crippen molar-refractivity contribution in [3.8, 4) is 50.3 Å². The van der Waals surface area contributed by atoms with Crippen LogP contribution >= 0.6 is 0 Å². The summed E-state index contributed by atoms with van der Waals surface area (Å²) in [6.45, 7) is 4.70. The highest BCUT2D eigenvalue weighted by molar-refractivity contribution is 6.33. The topological polar surface area (TPSA) is 12.5 Å². The van der Waals surface area contributed by atoms with E-state index < -0.39 is 0 Å². The lowest BCUT2D eigenvalue weighted by atomic mass is 9.81. The Labute approximate surface area is 351 Å². The van der Waals surface area contributed by atoms with Gasteiger partial charge in [-0.25, -0.2) is 0 Å². The number of hydrogen-bond acceptors (Lipinski definition) is 2. The van der Waals surface area contributed by atoms with Gasteiger partial charge >= 0.3 is 0 Å². The highest BCUT2D eigenvalue weighted by atomic mass is 16.5. The van der Waals surface area contributed by atoms with Crippen molar-refractivity contribution in [2.75, 3.05) is 12.0 Å². The van der Waals surface area contributed by atoms with E-state index in [2.05, 4.69) is 225 Å². The van der Waals surface area contributed by atoms with Gasteiger partial charge in [0, 0.05) is 22.5 Å². The molecule has 0 aliphatic heterocycles. The molecule has 0 fully saturated rings. The molecular formula is C58H43NO. The lowest BCUT2D eigenvalue weighted by molar-refractivity contribution is 0.415. The Balaban J connectivity index is 1.24. The number of fused-ring (bicyclic) bond motifs is 9. The molecule has 0 unspecified atom stereocenters. The zero-order valence-corrected chi connectivity index (χ0v) is 34.0. The second-order valence-corrected chi connectivity index (χ2v) is 16.4. The number of nitrogens with zero attached hydrogens (tertiary/aromatic N) is 1. The summed E-state index contributed by atoms with van der Waals surface area (Å²) in [5.41, 5.74) is 15.8. The molecule has 2 nitrogen and oxygen atoms in total. The molecule has 1 aliphatic rings. The van der Waals surface area contributed by atoms with E-state index in [4.69, 9.17) is 4.74 Å². The maximum atomic E-state index is 5.64. The molecule has 0 heterocycles. The molecule has 0 saturated heterocycles. The van der Waals surface area contributed by atoms with Crippen LogP contribution in [-0.2, 0) is 5.41 Å². The minimum Gasteiger partial charge on any atom is -0.497 e. The summed E-state index contributed by atoms with van der Waals surface area (Å²) >= 11 is 0. The predicted molar refractivity (Wildman–Crippen MR) is 254 cm³/mol. The second-order valence-electron chi connectivity index (χ2n) is 16.4. The molecule has 60 heavy (non-hydrogen) atoms. The summed E-state index contributed by atoms with van der Waals surface area (Å²) in [5, 5.41) is 7.43. The first-order valence-corrected chi connectivity index (χ1v) is 20.8. The van der Waals surface area contributed by atoms with E-state index in [1.165, 1.54) is 88.0 Å². The van der Waals surface area contributed by atoms with E-state index in [-0.39, 0.29) is 5.41 Å². The van der Waals surface area contributed by atoms with E-state index in [1.54, 1.807) is 7.11 Å². The first-order valence-electron chi connectivity index (χ1n) is 20.8. The zero-order chi connectivity index (χ0) is 40.4. The molecule has 0 aromatic heterocycles. The number of anilines is 3. The van der Waals surface area contributed by atoms with Gasteiger partial charge in [0.15, 0.2) is 0 Å². The molecule has 10 aromatic carbocycles. The third-order valence-corrected chi connectivity index (χ3v) is 12.7. The molecule has 11 rings (SSSR count). The minimum atomic E-state index is -0.132. The lowest BCUT2D eigenvalue weighted by Gasteiger charge is -2.29. The van der Waals surface area contributed by atoms with Crippen LogP contribution in [0.15, 0.2) is 206 Å². The predicted octanol–water partition coefficient (Wildman–Crippen LogP) is 15.9. The SMILES string of the molecule is COc1ccc(N(c2ccc3c(c2)C(C)(C)c2ccccc2-3)c2ccc3c(c2)c2ccccc2c2c(-c4ccccc4)cc(-c4ccccc4)c(-c4ccccc4)c32)cc1. The van der Waals surface area contributed by atoms with Gasteiger partial charge in [0.2, 0.25) is 0 Å². The van der Waals surface area contributed by atoms with E-state index in [1.807, 2.05) is 0 Å². The highest BCUT2D eigenvalue weighted by Gasteiger charge is 2.36. The average molecular weight is 770 g/mol. The molecule has 1 aliphatic carbocycles. The van der Waals surface area contributed by atoms with E-state index in [9.17, 15) is 0 Å². The Bertz CT molecular complexity index is 3240. The summed E-state index contributed by atoms with van der Waals surface area (Å²) < 4.78 is 5.64. The summed E-state index contributed by atoms with van der Waals surface area (Å²) in [4.78, 5) is 2.41. The quantitative estimate of drug-likeness (QED) is 0.150. The minimum absolute atomic E-state index is 0.132. The van der Waals surface area contributed by atoms with Crippen LogP contribution in [0.25, 0.3) is 76.8 Å². The van der Waals surface area contributed by atoms with Crippen molar-refractivity contribution in [1.29, 1.82) is 0 Å². The van der Waals surface area contributed by atoms with E-state index >= 15 is 0 Å². The third-order valence-electron chi connectivity index (χ3n) is 12.7. The normalized spacial score (nSPS) is 12.7. The van der Waals surface area contributed by atoms with Crippen LogP contribution < -0.4 is 9.64 Å². The van der Waals surface area contributed by atoms with Crippen LogP contribution in [0.2, 0.25) is 0 Å². The van der Waals surface area contributed by atoms with Crippen LogP contribution in [0.3, 0.4) is 0 Å². The molecule has 10 aromatic rings. The zero-order valence-electron chi connectivity index (χ0n) is 34.0. The summed E-state index contributed by atoms with van der Waals surface area (Å²) in [7, 11) is 1.72. The molecule has 0 spiro atoms. The van der Waals surface area contributed by atoms with Crippen molar-refractivity contribution in [3.63, 3.8) is 0 Å². The van der Waals surface area contributed by atoms with Crippen molar-refractivity contribution in [1.82, 2.24) is 0 Å². The smallest absolute Gasteiger partial charge is 0.119 e. The largest absolute Gasteiger partial charge is 0.497 e. The Kier molecular flexibility index (Phi) is 8.42. The second kappa shape index (κ2) is 14.1. The van der Waals surface area contributed by atoms with Crippen molar-refractivity contribution in [2.45, 2.75) is 19.3 Å². The molecule has 2 heteroatoms. The van der Waals surface area contributed by atoms with Crippen molar-refractivity contribution < 1.29 is 4.74 Å². The Hall–Kier alpha value is -7.42. The van der Waals surface area contributed by atoms with E-state index in [0.29, 0.717) is 0 Å². The third kappa shape index (κ3) is 5.63. The van der Waals surface area contributed by atoms with Crippen molar-refractivity contribution >= 4 is 49.4 Å². The molecule has 286 valence electrons. The Morgan fingerprint density at radius 1 is 0.367 bits per heavy atom. The summed E-state index contributed by atoms with van der Waals surface area (Å²) in [6, 6.07) is 75.6. The first kappa shape index (κ1) is 35.7.